The Kier molecular flexibility index (Phi) is 7.53. The topological polar surface area (TPSA) is 0 Å². The van der Waals surface area contributed by atoms with Crippen LogP contribution >= 0.6 is 9.24 Å². The molecular weight excluding hydrogens is 608 g/mol. The Morgan fingerprint density at radius 2 is 0.551 bits per heavy atom. The highest BCUT2D eigenvalue weighted by Gasteiger charge is 2.32. The van der Waals surface area contributed by atoms with Crippen LogP contribution in [-0.4, -0.2) is 0 Å². The molecule has 1 atom stereocenters. The molecule has 0 aliphatic heterocycles. The van der Waals surface area contributed by atoms with Gasteiger partial charge in [-0.3, -0.25) is 0 Å². The summed E-state index contributed by atoms with van der Waals surface area (Å²) in [6.45, 7) is 0. The zero-order valence-electron chi connectivity index (χ0n) is 27.2. The van der Waals surface area contributed by atoms with Crippen LogP contribution in [0, 0.1) is 0 Å². The number of hydrogen-bond acceptors (Lipinski definition) is 0. The summed E-state index contributed by atoms with van der Waals surface area (Å²) >= 11 is 0. The summed E-state index contributed by atoms with van der Waals surface area (Å²) in [5.74, 6) is 0. The number of fused-ring (bicyclic) bond motifs is 3. The van der Waals surface area contributed by atoms with E-state index in [-0.39, 0.29) is 0 Å². The third-order valence-corrected chi connectivity index (χ3v) is 10.9. The highest BCUT2D eigenvalue weighted by Crippen LogP contribution is 2.51. The van der Waals surface area contributed by atoms with Crippen molar-refractivity contribution >= 4 is 25.3 Å². The summed E-state index contributed by atoms with van der Waals surface area (Å²) < 4.78 is 0. The van der Waals surface area contributed by atoms with E-state index in [1.54, 1.807) is 0 Å². The Labute approximate surface area is 291 Å². The van der Waals surface area contributed by atoms with Crippen molar-refractivity contribution in [3.05, 3.63) is 198 Å². The molecule has 1 unspecified atom stereocenters. The van der Waals surface area contributed by atoms with E-state index in [4.69, 9.17) is 0 Å². The molecule has 0 saturated carbocycles. The second kappa shape index (κ2) is 12.5. The van der Waals surface area contributed by atoms with Gasteiger partial charge in [-0.1, -0.05) is 176 Å². The Morgan fingerprint density at radius 3 is 0.959 bits per heavy atom. The average Bonchev–Trinajstić information content (AvgIpc) is 3.18. The van der Waals surface area contributed by atoms with Crippen molar-refractivity contribution < 1.29 is 0 Å². The van der Waals surface area contributed by atoms with Crippen LogP contribution in [0.15, 0.2) is 176 Å². The molecule has 0 spiro atoms. The van der Waals surface area contributed by atoms with E-state index >= 15 is 0 Å². The van der Waals surface area contributed by atoms with Gasteiger partial charge in [-0.25, -0.2) is 0 Å². The van der Waals surface area contributed by atoms with Crippen molar-refractivity contribution in [1.82, 2.24) is 0 Å². The maximum absolute atomic E-state index is 3.23. The normalized spacial score (nSPS) is 12.0. The van der Waals surface area contributed by atoms with E-state index in [2.05, 4.69) is 185 Å². The van der Waals surface area contributed by atoms with E-state index in [0.29, 0.717) is 0 Å². The standard InChI is InChI=1S/C48H35P/c49-48-42-31-40-39(43(32-18-6-1-7-19-32)37-28-16-17-29-38(37)44(40)33-20-8-2-9-21-33)30-41(42)45(34-22-10-3-11-23-34)46(35-24-12-4-13-25-35)47(48)36-26-14-5-15-27-36/h1-29H,30-31,49H2. The third-order valence-electron chi connectivity index (χ3n) is 10.2. The van der Waals surface area contributed by atoms with E-state index in [1.165, 1.54) is 94.0 Å². The maximum atomic E-state index is 3.23. The Balaban J connectivity index is 1.45. The number of benzene rings is 8. The van der Waals surface area contributed by atoms with E-state index < -0.39 is 0 Å². The first-order valence-electron chi connectivity index (χ1n) is 17.1. The van der Waals surface area contributed by atoms with Crippen molar-refractivity contribution in [3.8, 4) is 55.6 Å². The molecule has 1 heteroatoms. The van der Waals surface area contributed by atoms with Crippen LogP contribution in [0.4, 0.5) is 0 Å². The van der Waals surface area contributed by atoms with Gasteiger partial charge >= 0.3 is 0 Å². The molecular formula is C48H35P. The van der Waals surface area contributed by atoms with Gasteiger partial charge in [0.1, 0.15) is 0 Å². The molecule has 232 valence electrons. The summed E-state index contributed by atoms with van der Waals surface area (Å²) in [5.41, 5.74) is 18.6. The smallest absolute Gasteiger partial charge is 0.000684 e. The summed E-state index contributed by atoms with van der Waals surface area (Å²) in [4.78, 5) is 0. The van der Waals surface area contributed by atoms with Crippen LogP contribution in [0.3, 0.4) is 0 Å². The molecule has 0 saturated heterocycles. The quantitative estimate of drug-likeness (QED) is 0.164. The van der Waals surface area contributed by atoms with Crippen molar-refractivity contribution in [2.45, 2.75) is 12.8 Å². The van der Waals surface area contributed by atoms with E-state index in [0.717, 1.165) is 12.8 Å². The molecule has 1 aliphatic rings. The fourth-order valence-electron chi connectivity index (χ4n) is 8.15. The van der Waals surface area contributed by atoms with Gasteiger partial charge < -0.3 is 0 Å². The van der Waals surface area contributed by atoms with Crippen molar-refractivity contribution in [2.24, 2.45) is 0 Å². The average molecular weight is 643 g/mol. The van der Waals surface area contributed by atoms with Crippen molar-refractivity contribution in [2.75, 3.05) is 0 Å². The third kappa shape index (κ3) is 5.04. The van der Waals surface area contributed by atoms with Crippen LogP contribution in [0.5, 0.6) is 0 Å². The Bertz CT molecular complexity index is 2450. The van der Waals surface area contributed by atoms with Crippen LogP contribution in [0.2, 0.25) is 0 Å². The molecule has 0 aromatic heterocycles. The molecule has 0 radical (unpaired) electrons. The van der Waals surface area contributed by atoms with Crippen molar-refractivity contribution in [1.29, 1.82) is 0 Å². The lowest BCUT2D eigenvalue weighted by molar-refractivity contribution is 1.02. The highest BCUT2D eigenvalue weighted by molar-refractivity contribution is 7.28. The highest BCUT2D eigenvalue weighted by atomic mass is 31.0. The first-order chi connectivity index (χ1) is 24.3. The Morgan fingerprint density at radius 1 is 0.265 bits per heavy atom. The second-order valence-electron chi connectivity index (χ2n) is 12.9. The minimum absolute atomic E-state index is 0.847. The fraction of sp³-hybridized carbons (Fsp3) is 0.0417. The molecule has 0 bridgehead atoms. The molecule has 1 aliphatic carbocycles. The first kappa shape index (κ1) is 29.6. The number of hydrogen-bond donors (Lipinski definition) is 0. The minimum Gasteiger partial charge on any atom is -0.105 e. The largest absolute Gasteiger partial charge is 0.105 e. The lowest BCUT2D eigenvalue weighted by atomic mass is 9.72. The van der Waals surface area contributed by atoms with Gasteiger partial charge in [0.15, 0.2) is 0 Å². The van der Waals surface area contributed by atoms with Crippen LogP contribution in [0.1, 0.15) is 22.3 Å². The Hall–Kier alpha value is -5.55. The van der Waals surface area contributed by atoms with Gasteiger partial charge in [-0.15, -0.1) is 9.24 Å². The second-order valence-corrected chi connectivity index (χ2v) is 13.5. The van der Waals surface area contributed by atoms with Gasteiger partial charge in [0.25, 0.3) is 0 Å². The molecule has 0 nitrogen and oxygen atoms in total. The predicted octanol–water partition coefficient (Wildman–Crippen LogP) is 12.2. The van der Waals surface area contributed by atoms with Gasteiger partial charge in [0.05, 0.1) is 0 Å². The molecule has 0 amide bonds. The SMILES string of the molecule is Pc1c2c(c(-c3ccccc3)c(-c3ccccc3)c1-c1ccccc1)Cc1c(c(-c3ccccc3)c3ccccc3c1-c1ccccc1)C2. The molecule has 0 fully saturated rings. The maximum Gasteiger partial charge on any atom is -0.000684 e. The molecule has 8 aromatic rings. The van der Waals surface area contributed by atoms with Gasteiger partial charge in [-0.2, -0.15) is 0 Å². The van der Waals surface area contributed by atoms with E-state index in [9.17, 15) is 0 Å². The summed E-state index contributed by atoms with van der Waals surface area (Å²) in [5, 5.41) is 3.91. The van der Waals surface area contributed by atoms with Gasteiger partial charge in [0.2, 0.25) is 0 Å². The van der Waals surface area contributed by atoms with Crippen LogP contribution in [0.25, 0.3) is 66.4 Å². The first-order valence-corrected chi connectivity index (χ1v) is 17.7. The number of rotatable bonds is 5. The summed E-state index contributed by atoms with van der Waals surface area (Å²) in [6.07, 6.45) is 1.70. The lowest BCUT2D eigenvalue weighted by Gasteiger charge is -2.33. The summed E-state index contributed by atoms with van der Waals surface area (Å²) in [6, 6.07) is 64.2. The summed E-state index contributed by atoms with van der Waals surface area (Å²) in [7, 11) is 3.23. The van der Waals surface area contributed by atoms with Gasteiger partial charge in [0, 0.05) is 0 Å². The zero-order valence-corrected chi connectivity index (χ0v) is 28.4. The van der Waals surface area contributed by atoms with E-state index in [1.807, 2.05) is 0 Å². The molecule has 8 aromatic carbocycles. The molecule has 0 heterocycles. The minimum atomic E-state index is 0.847. The van der Waals surface area contributed by atoms with Crippen LogP contribution in [-0.2, 0) is 12.8 Å². The predicted molar refractivity (Wildman–Crippen MR) is 213 cm³/mol. The van der Waals surface area contributed by atoms with Gasteiger partial charge in [-0.05, 0) is 107 Å². The molecule has 49 heavy (non-hydrogen) atoms. The lowest BCUT2D eigenvalue weighted by Crippen LogP contribution is -2.20. The van der Waals surface area contributed by atoms with Crippen molar-refractivity contribution in [3.63, 3.8) is 0 Å². The monoisotopic (exact) mass is 642 g/mol. The molecule has 0 N–H and O–H groups in total. The zero-order chi connectivity index (χ0) is 32.7. The van der Waals surface area contributed by atoms with Crippen LogP contribution < -0.4 is 5.30 Å². The fourth-order valence-corrected chi connectivity index (χ4v) is 8.74. The molecule has 9 rings (SSSR count).